The molecule has 1 heterocycles. The van der Waals surface area contributed by atoms with Gasteiger partial charge in [-0.1, -0.05) is 12.1 Å². The lowest BCUT2D eigenvalue weighted by Crippen LogP contribution is -1.98. The number of nitrogens with two attached hydrogens (primary N) is 1. The molecular formula is C10H10N2O2S. The third-order valence-electron chi connectivity index (χ3n) is 1.90. The number of hydrogen-bond acceptors (Lipinski definition) is 5. The number of para-hydroxylation sites is 2. The Bertz CT molecular complexity index is 456. The molecule has 0 bridgehead atoms. The summed E-state index contributed by atoms with van der Waals surface area (Å²) in [6.45, 7) is 0.271. The summed E-state index contributed by atoms with van der Waals surface area (Å²) < 4.78 is 5.38. The van der Waals surface area contributed by atoms with Crippen molar-refractivity contribution in [1.82, 2.24) is 4.98 Å². The summed E-state index contributed by atoms with van der Waals surface area (Å²) in [7, 11) is 0. The third-order valence-corrected chi connectivity index (χ3v) is 2.60. The number of phenolic OH excluding ortho intramolecular Hbond substituents is 1. The van der Waals surface area contributed by atoms with E-state index in [2.05, 4.69) is 4.98 Å². The summed E-state index contributed by atoms with van der Waals surface area (Å²) >= 11 is 1.37. The number of thiazole rings is 1. The van der Waals surface area contributed by atoms with E-state index in [1.54, 1.807) is 29.8 Å². The number of nitrogens with zero attached hydrogens (tertiary/aromatic N) is 1. The second-order valence-corrected chi connectivity index (χ2v) is 3.81. The summed E-state index contributed by atoms with van der Waals surface area (Å²) in [5.74, 6) is 0.552. The third kappa shape index (κ3) is 2.19. The molecule has 78 valence electrons. The summed E-state index contributed by atoms with van der Waals surface area (Å²) in [5, 5.41) is 10.1. The molecule has 15 heavy (non-hydrogen) atoms. The van der Waals surface area contributed by atoms with Crippen LogP contribution in [0.1, 0.15) is 5.69 Å². The van der Waals surface area contributed by atoms with Gasteiger partial charge in [-0.3, -0.25) is 0 Å². The predicted octanol–water partition coefficient (Wildman–Crippen LogP) is 2.01. The van der Waals surface area contributed by atoms with Gasteiger partial charge in [0.1, 0.15) is 17.3 Å². The number of rotatable bonds is 3. The second-order valence-electron chi connectivity index (χ2n) is 2.92. The first kappa shape index (κ1) is 9.79. The zero-order valence-corrected chi connectivity index (χ0v) is 8.70. The molecule has 1 aromatic carbocycles. The molecule has 0 aliphatic heterocycles. The summed E-state index contributed by atoms with van der Waals surface area (Å²) in [6.07, 6.45) is 0. The lowest BCUT2D eigenvalue weighted by Gasteiger charge is -2.06. The van der Waals surface area contributed by atoms with Crippen LogP contribution in [0.5, 0.6) is 11.5 Å². The molecule has 0 radical (unpaired) electrons. The highest BCUT2D eigenvalue weighted by Gasteiger charge is 2.05. The predicted molar refractivity (Wildman–Crippen MR) is 59.0 cm³/mol. The maximum absolute atomic E-state index is 9.43. The van der Waals surface area contributed by atoms with Crippen LogP contribution >= 0.6 is 11.3 Å². The molecule has 2 rings (SSSR count). The van der Waals surface area contributed by atoms with Gasteiger partial charge in [-0.2, -0.15) is 0 Å². The zero-order chi connectivity index (χ0) is 10.7. The SMILES string of the molecule is Nc1scnc1COc1ccccc1O. The molecule has 0 aliphatic rings. The topological polar surface area (TPSA) is 68.4 Å². The quantitative estimate of drug-likeness (QED) is 0.833. The molecule has 0 saturated heterocycles. The van der Waals surface area contributed by atoms with Crippen LogP contribution in [-0.4, -0.2) is 10.1 Å². The molecule has 5 heteroatoms. The molecule has 0 aliphatic carbocycles. The van der Waals surface area contributed by atoms with E-state index in [1.165, 1.54) is 11.3 Å². The van der Waals surface area contributed by atoms with Gasteiger partial charge in [-0.25, -0.2) is 4.98 Å². The Morgan fingerprint density at radius 1 is 1.40 bits per heavy atom. The number of anilines is 1. The fraction of sp³-hybridized carbons (Fsp3) is 0.100. The van der Waals surface area contributed by atoms with Crippen molar-refractivity contribution in [2.24, 2.45) is 0 Å². The average Bonchev–Trinajstić information content (AvgIpc) is 2.63. The largest absolute Gasteiger partial charge is 0.504 e. The average molecular weight is 222 g/mol. The van der Waals surface area contributed by atoms with E-state index in [1.807, 2.05) is 0 Å². The Labute approximate surface area is 91.0 Å². The Morgan fingerprint density at radius 3 is 2.87 bits per heavy atom. The van der Waals surface area contributed by atoms with Gasteiger partial charge in [0.05, 0.1) is 5.51 Å². The molecule has 0 spiro atoms. The number of aromatic nitrogens is 1. The van der Waals surface area contributed by atoms with E-state index < -0.39 is 0 Å². The van der Waals surface area contributed by atoms with Crippen LogP contribution in [0.25, 0.3) is 0 Å². The first-order valence-corrected chi connectivity index (χ1v) is 5.24. The molecule has 2 aromatic rings. The van der Waals surface area contributed by atoms with Gasteiger partial charge in [0.25, 0.3) is 0 Å². The Kier molecular flexibility index (Phi) is 2.73. The minimum absolute atomic E-state index is 0.117. The monoisotopic (exact) mass is 222 g/mol. The molecule has 0 amide bonds. The smallest absolute Gasteiger partial charge is 0.161 e. The Morgan fingerprint density at radius 2 is 2.20 bits per heavy atom. The van der Waals surface area contributed by atoms with Gasteiger partial charge in [0.2, 0.25) is 0 Å². The van der Waals surface area contributed by atoms with E-state index in [9.17, 15) is 5.11 Å². The molecule has 0 fully saturated rings. The Balaban J connectivity index is 2.06. The zero-order valence-electron chi connectivity index (χ0n) is 7.88. The van der Waals surface area contributed by atoms with Gasteiger partial charge >= 0.3 is 0 Å². The first-order chi connectivity index (χ1) is 7.27. The van der Waals surface area contributed by atoms with Crippen molar-refractivity contribution in [3.05, 3.63) is 35.5 Å². The molecule has 0 atom stereocenters. The van der Waals surface area contributed by atoms with E-state index in [4.69, 9.17) is 10.5 Å². The van der Waals surface area contributed by atoms with Crippen LogP contribution in [0.2, 0.25) is 0 Å². The van der Waals surface area contributed by atoms with Crippen molar-refractivity contribution in [3.8, 4) is 11.5 Å². The van der Waals surface area contributed by atoms with Crippen LogP contribution in [0.4, 0.5) is 5.00 Å². The molecule has 4 nitrogen and oxygen atoms in total. The highest BCUT2D eigenvalue weighted by Crippen LogP contribution is 2.26. The van der Waals surface area contributed by atoms with Crippen molar-refractivity contribution in [2.75, 3.05) is 5.73 Å². The second kappa shape index (κ2) is 4.18. The highest BCUT2D eigenvalue weighted by molar-refractivity contribution is 7.13. The van der Waals surface area contributed by atoms with Crippen molar-refractivity contribution in [3.63, 3.8) is 0 Å². The fourth-order valence-corrected chi connectivity index (χ4v) is 1.65. The highest BCUT2D eigenvalue weighted by atomic mass is 32.1. The lowest BCUT2D eigenvalue weighted by molar-refractivity contribution is 0.286. The van der Waals surface area contributed by atoms with Gasteiger partial charge < -0.3 is 15.6 Å². The Hall–Kier alpha value is -1.75. The van der Waals surface area contributed by atoms with E-state index in [0.29, 0.717) is 16.4 Å². The number of phenols is 1. The van der Waals surface area contributed by atoms with Crippen LogP contribution in [0.3, 0.4) is 0 Å². The number of hydrogen-bond donors (Lipinski definition) is 2. The normalized spacial score (nSPS) is 10.1. The molecule has 0 saturated carbocycles. The maximum Gasteiger partial charge on any atom is 0.161 e. The molecule has 0 unspecified atom stereocenters. The maximum atomic E-state index is 9.43. The van der Waals surface area contributed by atoms with E-state index in [-0.39, 0.29) is 12.4 Å². The van der Waals surface area contributed by atoms with Gasteiger partial charge in [0.15, 0.2) is 11.5 Å². The van der Waals surface area contributed by atoms with Crippen LogP contribution in [0.15, 0.2) is 29.8 Å². The number of benzene rings is 1. The van der Waals surface area contributed by atoms with Crippen molar-refractivity contribution in [2.45, 2.75) is 6.61 Å². The molecule has 1 aromatic heterocycles. The van der Waals surface area contributed by atoms with Crippen molar-refractivity contribution < 1.29 is 9.84 Å². The van der Waals surface area contributed by atoms with Gasteiger partial charge in [-0.05, 0) is 12.1 Å². The lowest BCUT2D eigenvalue weighted by atomic mass is 10.3. The van der Waals surface area contributed by atoms with Crippen molar-refractivity contribution >= 4 is 16.3 Å². The van der Waals surface area contributed by atoms with E-state index in [0.717, 1.165) is 0 Å². The number of nitrogen functional groups attached to an aromatic ring is 1. The minimum Gasteiger partial charge on any atom is -0.504 e. The number of aromatic hydroxyl groups is 1. The van der Waals surface area contributed by atoms with Crippen LogP contribution in [0, 0.1) is 0 Å². The fourth-order valence-electron chi connectivity index (χ4n) is 1.11. The number of ether oxygens (including phenoxy) is 1. The molecular weight excluding hydrogens is 212 g/mol. The van der Waals surface area contributed by atoms with Gasteiger partial charge in [0, 0.05) is 0 Å². The first-order valence-electron chi connectivity index (χ1n) is 4.36. The molecule has 3 N–H and O–H groups in total. The summed E-state index contributed by atoms with van der Waals surface area (Å²) in [6, 6.07) is 6.79. The summed E-state index contributed by atoms with van der Waals surface area (Å²) in [5.41, 5.74) is 8.02. The van der Waals surface area contributed by atoms with Gasteiger partial charge in [-0.15, -0.1) is 11.3 Å². The van der Waals surface area contributed by atoms with Crippen LogP contribution in [-0.2, 0) is 6.61 Å². The minimum atomic E-state index is 0.117. The van der Waals surface area contributed by atoms with E-state index >= 15 is 0 Å². The standard InChI is InChI=1S/C10H10N2O2S/c11-10-7(12-6-15-10)5-14-9-4-2-1-3-8(9)13/h1-4,6,13H,5,11H2. The van der Waals surface area contributed by atoms with Crippen molar-refractivity contribution in [1.29, 1.82) is 0 Å². The summed E-state index contributed by atoms with van der Waals surface area (Å²) in [4.78, 5) is 4.05. The van der Waals surface area contributed by atoms with Crippen LogP contribution < -0.4 is 10.5 Å².